The number of phenolic OH excluding ortho intramolecular Hbond substituents is 1. The van der Waals surface area contributed by atoms with Crippen LogP contribution < -0.4 is 4.74 Å². The lowest BCUT2D eigenvalue weighted by Gasteiger charge is -2.16. The minimum Gasteiger partial charge on any atom is -0.507 e. The maximum absolute atomic E-state index is 12.1. The van der Waals surface area contributed by atoms with Gasteiger partial charge in [-0.3, -0.25) is 14.4 Å². The molecule has 1 aliphatic carbocycles. The first-order chi connectivity index (χ1) is 16.4. The van der Waals surface area contributed by atoms with Crippen LogP contribution in [-0.4, -0.2) is 29.6 Å². The van der Waals surface area contributed by atoms with Crippen molar-refractivity contribution < 1.29 is 24.2 Å². The van der Waals surface area contributed by atoms with Crippen molar-refractivity contribution in [2.75, 3.05) is 7.11 Å². The summed E-state index contributed by atoms with van der Waals surface area (Å²) in [6.45, 7) is 3.74. The van der Waals surface area contributed by atoms with Crippen molar-refractivity contribution in [1.82, 2.24) is 0 Å². The van der Waals surface area contributed by atoms with Gasteiger partial charge in [-0.1, -0.05) is 66.7 Å². The molecule has 0 bridgehead atoms. The summed E-state index contributed by atoms with van der Waals surface area (Å²) in [4.78, 5) is 35.1. The van der Waals surface area contributed by atoms with Gasteiger partial charge in [0, 0.05) is 23.1 Å². The molecule has 0 fully saturated rings. The van der Waals surface area contributed by atoms with E-state index in [2.05, 4.69) is 6.58 Å². The lowest BCUT2D eigenvalue weighted by molar-refractivity contribution is -0.114. The molecule has 1 atom stereocenters. The van der Waals surface area contributed by atoms with Gasteiger partial charge in [-0.15, -0.1) is 6.58 Å². The number of benzene rings is 3. The Balaban J connectivity index is 0.000000191. The maximum atomic E-state index is 12.1. The summed E-state index contributed by atoms with van der Waals surface area (Å²) in [5, 5.41) is 9.75. The molecule has 5 nitrogen and oxygen atoms in total. The van der Waals surface area contributed by atoms with Gasteiger partial charge < -0.3 is 9.84 Å². The van der Waals surface area contributed by atoms with Crippen molar-refractivity contribution in [3.8, 4) is 11.5 Å². The standard InChI is InChI=1S/C15H12O2.C14H12O3/c1-2-13(11-6-4-3-5-7-11)14-10-12(16)8-9-15(14)17;1-17-11-7-8-12(13(15)9-11)14(16)10-5-3-2-4-6-10/h2-10,13H,1H2;2-9,15H,1H3. The number of carbonyl (C=O) groups is 3. The number of rotatable bonds is 6. The molecule has 0 saturated heterocycles. The zero-order valence-electron chi connectivity index (χ0n) is 18.7. The fourth-order valence-corrected chi connectivity index (χ4v) is 3.45. The molecule has 0 amide bonds. The Morgan fingerprint density at radius 1 is 0.941 bits per heavy atom. The van der Waals surface area contributed by atoms with E-state index in [9.17, 15) is 19.5 Å². The molecule has 0 aliphatic heterocycles. The molecule has 170 valence electrons. The van der Waals surface area contributed by atoms with Crippen molar-refractivity contribution >= 4 is 17.3 Å². The van der Waals surface area contributed by atoms with Crippen molar-refractivity contribution in [3.05, 3.63) is 132 Å². The number of hydrogen-bond donors (Lipinski definition) is 1. The molecule has 5 heteroatoms. The number of aromatic hydroxyl groups is 1. The molecule has 3 aromatic carbocycles. The van der Waals surface area contributed by atoms with Gasteiger partial charge in [-0.25, -0.2) is 0 Å². The molecule has 3 aromatic rings. The minimum absolute atomic E-state index is 0.0711. The average molecular weight is 453 g/mol. The normalized spacial score (nSPS) is 13.3. The van der Waals surface area contributed by atoms with Gasteiger partial charge in [0.05, 0.1) is 12.7 Å². The Morgan fingerprint density at radius 3 is 2.18 bits per heavy atom. The molecule has 0 aromatic heterocycles. The molecule has 0 spiro atoms. The second-order valence-corrected chi connectivity index (χ2v) is 7.40. The molecule has 1 aliphatic rings. The van der Waals surface area contributed by atoms with Crippen LogP contribution in [0.1, 0.15) is 27.4 Å². The highest BCUT2D eigenvalue weighted by atomic mass is 16.5. The lowest BCUT2D eigenvalue weighted by atomic mass is 9.86. The molecular weight excluding hydrogens is 428 g/mol. The third-order valence-electron chi connectivity index (χ3n) is 5.20. The van der Waals surface area contributed by atoms with Crippen LogP contribution in [0.15, 0.2) is 115 Å². The second-order valence-electron chi connectivity index (χ2n) is 7.40. The predicted octanol–water partition coefficient (Wildman–Crippen LogP) is 5.22. The third kappa shape index (κ3) is 5.84. The molecule has 0 radical (unpaired) electrons. The summed E-state index contributed by atoms with van der Waals surface area (Å²) < 4.78 is 4.96. The number of ketones is 3. The second kappa shape index (κ2) is 11.4. The molecule has 0 heterocycles. The van der Waals surface area contributed by atoms with Crippen LogP contribution in [0.4, 0.5) is 0 Å². The Bertz CT molecular complexity index is 1250. The Morgan fingerprint density at radius 2 is 1.59 bits per heavy atom. The predicted molar refractivity (Wildman–Crippen MR) is 131 cm³/mol. The topological polar surface area (TPSA) is 80.7 Å². The monoisotopic (exact) mass is 452 g/mol. The fourth-order valence-electron chi connectivity index (χ4n) is 3.45. The van der Waals surface area contributed by atoms with Gasteiger partial charge in [0.15, 0.2) is 17.3 Å². The summed E-state index contributed by atoms with van der Waals surface area (Å²) in [6, 6.07) is 23.0. The van der Waals surface area contributed by atoms with Crippen LogP contribution in [0, 0.1) is 0 Å². The van der Waals surface area contributed by atoms with E-state index < -0.39 is 0 Å². The molecule has 1 unspecified atom stereocenters. The number of carbonyl (C=O) groups excluding carboxylic acids is 3. The fraction of sp³-hybridized carbons (Fsp3) is 0.0690. The highest BCUT2D eigenvalue weighted by molar-refractivity contribution is 6.18. The van der Waals surface area contributed by atoms with Crippen molar-refractivity contribution in [1.29, 1.82) is 0 Å². The summed E-state index contributed by atoms with van der Waals surface area (Å²) in [7, 11) is 1.51. The largest absolute Gasteiger partial charge is 0.507 e. The van der Waals surface area contributed by atoms with Gasteiger partial charge in [-0.2, -0.15) is 0 Å². The number of phenols is 1. The van der Waals surface area contributed by atoms with Crippen LogP contribution in [0.2, 0.25) is 0 Å². The van der Waals surface area contributed by atoms with Crippen LogP contribution >= 0.6 is 0 Å². The van der Waals surface area contributed by atoms with Crippen molar-refractivity contribution in [2.45, 2.75) is 5.92 Å². The van der Waals surface area contributed by atoms with Gasteiger partial charge in [0.2, 0.25) is 0 Å². The highest BCUT2D eigenvalue weighted by Crippen LogP contribution is 2.28. The zero-order chi connectivity index (χ0) is 24.5. The van der Waals surface area contributed by atoms with Crippen LogP contribution in [0.25, 0.3) is 0 Å². The first-order valence-electron chi connectivity index (χ1n) is 10.6. The maximum Gasteiger partial charge on any atom is 0.196 e. The third-order valence-corrected chi connectivity index (χ3v) is 5.20. The van der Waals surface area contributed by atoms with Gasteiger partial charge in [0.25, 0.3) is 0 Å². The van der Waals surface area contributed by atoms with E-state index in [4.69, 9.17) is 4.74 Å². The number of hydrogen-bond acceptors (Lipinski definition) is 5. The Labute approximate surface area is 198 Å². The number of ether oxygens (including phenoxy) is 1. The number of methoxy groups -OCH3 is 1. The van der Waals surface area contributed by atoms with E-state index in [0.717, 1.165) is 5.56 Å². The van der Waals surface area contributed by atoms with Gasteiger partial charge in [-0.05, 0) is 35.9 Å². The van der Waals surface area contributed by atoms with E-state index in [1.54, 1.807) is 42.5 Å². The van der Waals surface area contributed by atoms with E-state index in [1.165, 1.54) is 31.4 Å². The molecule has 34 heavy (non-hydrogen) atoms. The van der Waals surface area contributed by atoms with Crippen LogP contribution in [0.3, 0.4) is 0 Å². The van der Waals surface area contributed by atoms with Crippen molar-refractivity contribution in [2.24, 2.45) is 0 Å². The number of allylic oxidation sites excluding steroid dienone is 5. The summed E-state index contributed by atoms with van der Waals surface area (Å²) in [6.07, 6.45) is 5.68. The van der Waals surface area contributed by atoms with Crippen LogP contribution in [0.5, 0.6) is 11.5 Å². The summed E-state index contributed by atoms with van der Waals surface area (Å²) in [5.74, 6) is -0.255. The summed E-state index contributed by atoms with van der Waals surface area (Å²) >= 11 is 0. The molecule has 4 rings (SSSR count). The highest BCUT2D eigenvalue weighted by Gasteiger charge is 2.21. The molecule has 0 saturated carbocycles. The minimum atomic E-state index is -0.224. The van der Waals surface area contributed by atoms with Gasteiger partial charge >= 0.3 is 0 Å². The average Bonchev–Trinajstić information content (AvgIpc) is 2.87. The molecular formula is C29H24O5. The first-order valence-corrected chi connectivity index (χ1v) is 10.6. The van der Waals surface area contributed by atoms with E-state index in [-0.39, 0.29) is 34.6 Å². The first kappa shape index (κ1) is 24.1. The lowest BCUT2D eigenvalue weighted by Crippen LogP contribution is -2.13. The van der Waals surface area contributed by atoms with Gasteiger partial charge in [0.1, 0.15) is 11.5 Å². The Hall–Kier alpha value is -4.51. The zero-order valence-corrected chi connectivity index (χ0v) is 18.7. The smallest absolute Gasteiger partial charge is 0.196 e. The summed E-state index contributed by atoms with van der Waals surface area (Å²) in [5.41, 5.74) is 2.27. The quantitative estimate of drug-likeness (QED) is 0.315. The van der Waals surface area contributed by atoms with E-state index in [1.807, 2.05) is 36.4 Å². The molecule has 1 N–H and O–H groups in total. The van der Waals surface area contributed by atoms with Crippen molar-refractivity contribution in [3.63, 3.8) is 0 Å². The van der Waals surface area contributed by atoms with E-state index in [0.29, 0.717) is 16.9 Å². The van der Waals surface area contributed by atoms with Crippen LogP contribution in [-0.2, 0) is 9.59 Å². The van der Waals surface area contributed by atoms with E-state index >= 15 is 0 Å². The Kier molecular flexibility index (Phi) is 8.08. The SMILES string of the molecule is C=CC(C1=CC(=O)C=CC1=O)c1ccccc1.COc1ccc(C(=O)c2ccccc2)c(O)c1.